The Balaban J connectivity index is 3.98. The van der Waals surface area contributed by atoms with Gasteiger partial charge in [-0.2, -0.15) is 0 Å². The number of amides is 5. The maximum Gasteiger partial charge on any atom is 0.246 e. The summed E-state index contributed by atoms with van der Waals surface area (Å²) in [6.45, 7) is 1.19. The van der Waals surface area contributed by atoms with Crippen LogP contribution in [0.5, 0.6) is 0 Å². The number of aldehydes is 1. The Morgan fingerprint density at radius 3 is 1.78 bits per heavy atom. The van der Waals surface area contributed by atoms with Gasteiger partial charge in [0.25, 0.3) is 0 Å². The fraction of sp³-hybridized carbons (Fsp3) is 0.500. The zero-order valence-electron chi connectivity index (χ0n) is 15.4. The fourth-order valence-corrected chi connectivity index (χ4v) is 1.59. The smallest absolute Gasteiger partial charge is 0.246 e. The molecule has 0 saturated carbocycles. The fourth-order valence-electron chi connectivity index (χ4n) is 1.59. The molecule has 0 aliphatic rings. The van der Waals surface area contributed by atoms with E-state index in [9.17, 15) is 28.8 Å². The molecule has 0 bridgehead atoms. The van der Waals surface area contributed by atoms with Gasteiger partial charge in [-0.05, 0) is 12.5 Å². The zero-order chi connectivity index (χ0) is 20.7. The lowest BCUT2D eigenvalue weighted by atomic mass is 10.4. The molecule has 150 valence electrons. The molecule has 11 nitrogen and oxygen atoms in total. The van der Waals surface area contributed by atoms with Gasteiger partial charge in [0, 0.05) is 19.7 Å². The molecule has 0 aromatic heterocycles. The summed E-state index contributed by atoms with van der Waals surface area (Å²) >= 11 is 0. The van der Waals surface area contributed by atoms with Gasteiger partial charge in [0.15, 0.2) is 0 Å². The number of allylic oxidation sites excluding steroid dienone is 1. The standard InChI is InChI=1S/C16H25N5O6/c1-3-6-17-12(23)8-18-13(24)9-19-14(25)10-20-15(26)11-21(2)16(27)5-4-7-22/h4-5,7H,3,6,8-11H2,1-2H3,(H,17,23)(H,18,24)(H,19,25)(H,20,26)/b5-4-. The Bertz CT molecular complexity index is 590. The van der Waals surface area contributed by atoms with Crippen LogP contribution in [0.25, 0.3) is 0 Å². The second kappa shape index (κ2) is 14.0. The van der Waals surface area contributed by atoms with E-state index < -0.39 is 23.6 Å². The second-order valence-corrected chi connectivity index (χ2v) is 5.37. The molecule has 4 N–H and O–H groups in total. The van der Waals surface area contributed by atoms with Crippen molar-refractivity contribution in [2.24, 2.45) is 0 Å². The van der Waals surface area contributed by atoms with Crippen LogP contribution < -0.4 is 21.3 Å². The largest absolute Gasteiger partial charge is 0.355 e. The molecule has 0 unspecified atom stereocenters. The molecule has 0 rings (SSSR count). The Hall–Kier alpha value is -3.24. The molecule has 27 heavy (non-hydrogen) atoms. The summed E-state index contributed by atoms with van der Waals surface area (Å²) in [5, 5.41) is 9.49. The van der Waals surface area contributed by atoms with Crippen LogP contribution in [0, 0.1) is 0 Å². The molecule has 0 heterocycles. The van der Waals surface area contributed by atoms with Crippen molar-refractivity contribution < 1.29 is 28.8 Å². The molecule has 0 saturated heterocycles. The topological polar surface area (TPSA) is 154 Å². The minimum atomic E-state index is -0.608. The van der Waals surface area contributed by atoms with E-state index in [2.05, 4.69) is 21.3 Å². The Morgan fingerprint density at radius 2 is 1.30 bits per heavy atom. The van der Waals surface area contributed by atoms with Gasteiger partial charge in [-0.1, -0.05) is 6.92 Å². The molecule has 0 aliphatic carbocycles. The van der Waals surface area contributed by atoms with Crippen LogP contribution in [0.1, 0.15) is 13.3 Å². The molecule has 0 spiro atoms. The SMILES string of the molecule is CCCNC(=O)CNC(=O)CNC(=O)CNC(=O)CN(C)C(=O)/C=C\C=O. The third-order valence-corrected chi connectivity index (χ3v) is 2.98. The minimum Gasteiger partial charge on any atom is -0.355 e. The van der Waals surface area contributed by atoms with Gasteiger partial charge in [0.1, 0.15) is 6.29 Å². The molecule has 11 heteroatoms. The van der Waals surface area contributed by atoms with Gasteiger partial charge in [0.05, 0.1) is 26.2 Å². The summed E-state index contributed by atoms with van der Waals surface area (Å²) in [6.07, 6.45) is 3.22. The Morgan fingerprint density at radius 1 is 0.815 bits per heavy atom. The van der Waals surface area contributed by atoms with E-state index in [1.165, 1.54) is 7.05 Å². The molecule has 0 aliphatic heterocycles. The lowest BCUT2D eigenvalue weighted by Gasteiger charge is -2.14. The van der Waals surface area contributed by atoms with E-state index in [0.717, 1.165) is 23.5 Å². The number of likely N-dealkylation sites (N-methyl/N-ethyl adjacent to an activating group) is 1. The van der Waals surface area contributed by atoms with Gasteiger partial charge in [-0.15, -0.1) is 0 Å². The van der Waals surface area contributed by atoms with Crippen molar-refractivity contribution in [2.75, 3.05) is 39.8 Å². The maximum absolute atomic E-state index is 11.6. The molecule has 0 aromatic carbocycles. The van der Waals surface area contributed by atoms with Crippen molar-refractivity contribution >= 4 is 35.8 Å². The number of hydrogen-bond acceptors (Lipinski definition) is 6. The first-order valence-corrected chi connectivity index (χ1v) is 8.23. The lowest BCUT2D eigenvalue weighted by Crippen LogP contribution is -2.45. The minimum absolute atomic E-state index is 0.190. The quantitative estimate of drug-likeness (QED) is 0.209. The van der Waals surface area contributed by atoms with Gasteiger partial charge in [-0.3, -0.25) is 28.8 Å². The zero-order valence-corrected chi connectivity index (χ0v) is 15.4. The van der Waals surface area contributed by atoms with E-state index in [1.807, 2.05) is 6.92 Å². The first-order chi connectivity index (χ1) is 12.8. The first-order valence-electron chi connectivity index (χ1n) is 8.23. The normalized spacial score (nSPS) is 10.0. The van der Waals surface area contributed by atoms with Crippen LogP contribution in [-0.4, -0.2) is 80.5 Å². The Kier molecular flexibility index (Phi) is 12.3. The van der Waals surface area contributed by atoms with E-state index >= 15 is 0 Å². The number of rotatable bonds is 12. The highest BCUT2D eigenvalue weighted by atomic mass is 16.2. The van der Waals surface area contributed by atoms with Gasteiger partial charge >= 0.3 is 0 Å². The van der Waals surface area contributed by atoms with E-state index in [1.54, 1.807) is 0 Å². The number of carbonyl (C=O) groups is 6. The van der Waals surface area contributed by atoms with Gasteiger partial charge in [-0.25, -0.2) is 0 Å². The number of nitrogens with zero attached hydrogens (tertiary/aromatic N) is 1. The van der Waals surface area contributed by atoms with Gasteiger partial charge < -0.3 is 26.2 Å². The molecular formula is C16H25N5O6. The predicted molar refractivity (Wildman–Crippen MR) is 95.2 cm³/mol. The molecule has 0 atom stereocenters. The summed E-state index contributed by atoms with van der Waals surface area (Å²) in [6, 6.07) is 0. The Labute approximate surface area is 156 Å². The monoisotopic (exact) mass is 383 g/mol. The molecule has 0 fully saturated rings. The number of carbonyl (C=O) groups excluding carboxylic acids is 6. The average Bonchev–Trinajstić information content (AvgIpc) is 2.65. The van der Waals surface area contributed by atoms with Crippen LogP contribution in [0.15, 0.2) is 12.2 Å². The maximum atomic E-state index is 11.6. The van der Waals surface area contributed by atoms with Crippen molar-refractivity contribution in [1.82, 2.24) is 26.2 Å². The van der Waals surface area contributed by atoms with Crippen molar-refractivity contribution in [3.05, 3.63) is 12.2 Å². The highest BCUT2D eigenvalue weighted by Crippen LogP contribution is 1.86. The first kappa shape index (κ1) is 23.8. The summed E-state index contributed by atoms with van der Waals surface area (Å²) in [4.78, 5) is 68.7. The van der Waals surface area contributed by atoms with E-state index in [4.69, 9.17) is 0 Å². The van der Waals surface area contributed by atoms with Crippen molar-refractivity contribution in [3.8, 4) is 0 Å². The average molecular weight is 383 g/mol. The third-order valence-electron chi connectivity index (χ3n) is 2.98. The number of nitrogens with one attached hydrogen (secondary N) is 4. The highest BCUT2D eigenvalue weighted by molar-refractivity contribution is 5.94. The molecular weight excluding hydrogens is 358 g/mol. The molecule has 0 radical (unpaired) electrons. The summed E-state index contributed by atoms with van der Waals surface area (Å²) in [5.74, 6) is -2.61. The van der Waals surface area contributed by atoms with Crippen LogP contribution >= 0.6 is 0 Å². The summed E-state index contributed by atoms with van der Waals surface area (Å²) < 4.78 is 0. The summed E-state index contributed by atoms with van der Waals surface area (Å²) in [7, 11) is 1.36. The van der Waals surface area contributed by atoms with Crippen molar-refractivity contribution in [1.29, 1.82) is 0 Å². The predicted octanol–water partition coefficient (Wildman–Crippen LogP) is -2.93. The van der Waals surface area contributed by atoms with Crippen LogP contribution in [0.4, 0.5) is 0 Å². The van der Waals surface area contributed by atoms with E-state index in [-0.39, 0.29) is 32.1 Å². The molecule has 5 amide bonds. The third kappa shape index (κ3) is 12.7. The number of hydrogen-bond donors (Lipinski definition) is 4. The van der Waals surface area contributed by atoms with Crippen molar-refractivity contribution in [3.63, 3.8) is 0 Å². The van der Waals surface area contributed by atoms with Crippen LogP contribution in [0.3, 0.4) is 0 Å². The second-order valence-electron chi connectivity index (χ2n) is 5.37. The summed E-state index contributed by atoms with van der Waals surface area (Å²) in [5.41, 5.74) is 0. The highest BCUT2D eigenvalue weighted by Gasteiger charge is 2.12. The van der Waals surface area contributed by atoms with Gasteiger partial charge in [0.2, 0.25) is 29.5 Å². The van der Waals surface area contributed by atoms with Crippen LogP contribution in [0.2, 0.25) is 0 Å². The van der Waals surface area contributed by atoms with Crippen molar-refractivity contribution in [2.45, 2.75) is 13.3 Å². The lowest BCUT2D eigenvalue weighted by molar-refractivity contribution is -0.132. The van der Waals surface area contributed by atoms with E-state index in [0.29, 0.717) is 12.8 Å². The molecule has 0 aromatic rings. The van der Waals surface area contributed by atoms with Crippen LogP contribution in [-0.2, 0) is 28.8 Å².